The van der Waals surface area contributed by atoms with Crippen molar-refractivity contribution in [1.82, 2.24) is 62.5 Å². The maximum Gasteiger partial charge on any atom is 0.328 e. The number of amides is 8. The van der Waals surface area contributed by atoms with Gasteiger partial charge in [0.15, 0.2) is 0 Å². The molecule has 0 saturated carbocycles. The summed E-state index contributed by atoms with van der Waals surface area (Å²) in [5.41, 5.74) is 12.8. The van der Waals surface area contributed by atoms with Gasteiger partial charge in [0.25, 0.3) is 11.8 Å². The first-order valence-electron chi connectivity index (χ1n) is 24.4. The summed E-state index contributed by atoms with van der Waals surface area (Å²) in [5.74, 6) is -9.83. The third-order valence-electron chi connectivity index (χ3n) is 11.8. The van der Waals surface area contributed by atoms with Crippen LogP contribution in [0.4, 0.5) is 0 Å². The highest BCUT2D eigenvalue weighted by atomic mass is 33.1. The van der Waals surface area contributed by atoms with Crippen molar-refractivity contribution in [3.05, 3.63) is 72.3 Å². The Kier molecular flexibility index (Phi) is 21.5. The van der Waals surface area contributed by atoms with Crippen molar-refractivity contribution in [3.63, 3.8) is 0 Å². The Balaban J connectivity index is 1.33. The summed E-state index contributed by atoms with van der Waals surface area (Å²) in [4.78, 5) is 157. The summed E-state index contributed by atoms with van der Waals surface area (Å²) in [5, 5.41) is 20.3. The van der Waals surface area contributed by atoms with Crippen LogP contribution in [-0.4, -0.2) is 165 Å². The Morgan fingerprint density at radius 1 is 0.539 bits per heavy atom. The van der Waals surface area contributed by atoms with Crippen LogP contribution in [0.15, 0.2) is 60.9 Å². The molecule has 28 heteroatoms. The number of carbonyl (C=O) groups is 10. The van der Waals surface area contributed by atoms with Gasteiger partial charge in [0.1, 0.15) is 72.9 Å². The van der Waals surface area contributed by atoms with E-state index in [1.165, 1.54) is 26.2 Å². The molecule has 2 aromatic heterocycles. The summed E-state index contributed by atoms with van der Waals surface area (Å²) in [7, 11) is 1.99. The van der Waals surface area contributed by atoms with Gasteiger partial charge in [-0.25, -0.2) is 19.6 Å². The molecule has 12 N–H and O–H groups in total. The third kappa shape index (κ3) is 16.5. The fourth-order valence-corrected chi connectivity index (χ4v) is 9.80. The molecule has 406 valence electrons. The number of rotatable bonds is 12. The minimum Gasteiger partial charge on any atom is -0.461 e. The molecule has 4 aromatic rings. The fraction of sp³-hybridized carbons (Fsp3) is 0.458. The Morgan fingerprint density at radius 2 is 0.921 bits per heavy atom. The number of nitrogens with zero attached hydrogens (tertiary/aromatic N) is 4. The predicted molar refractivity (Wildman–Crippen MR) is 277 cm³/mol. The number of fused-ring (bicyclic) bond motifs is 7. The topological polar surface area (TPSA) is 389 Å². The molecule has 2 aromatic carbocycles. The normalized spacial score (nSPS) is 24.0. The van der Waals surface area contributed by atoms with Crippen molar-refractivity contribution >= 4 is 103 Å². The Bertz CT molecular complexity index is 2610. The lowest BCUT2D eigenvalue weighted by Gasteiger charge is -2.27. The lowest BCUT2D eigenvalue weighted by atomic mass is 10.1. The van der Waals surface area contributed by atoms with Crippen molar-refractivity contribution in [3.8, 4) is 0 Å². The van der Waals surface area contributed by atoms with Crippen LogP contribution in [0.25, 0.3) is 22.1 Å². The highest BCUT2D eigenvalue weighted by Crippen LogP contribution is 2.24. The van der Waals surface area contributed by atoms with E-state index in [2.05, 4.69) is 62.5 Å². The van der Waals surface area contributed by atoms with E-state index in [0.717, 1.165) is 21.6 Å². The number of para-hydroxylation sites is 4. The van der Waals surface area contributed by atoms with Gasteiger partial charge in [-0.05, 0) is 89.7 Å². The zero-order chi connectivity index (χ0) is 54.7. The van der Waals surface area contributed by atoms with Crippen LogP contribution in [0.5, 0.6) is 0 Å². The molecular weight excluding hydrogens is 1030 g/mol. The van der Waals surface area contributed by atoms with Gasteiger partial charge in [0.05, 0.1) is 34.5 Å². The number of esters is 2. The molecule has 2 fully saturated rings. The van der Waals surface area contributed by atoms with Crippen LogP contribution in [0.2, 0.25) is 0 Å². The van der Waals surface area contributed by atoms with Crippen molar-refractivity contribution < 1.29 is 57.4 Å². The first kappa shape index (κ1) is 57.7. The van der Waals surface area contributed by atoms with E-state index in [4.69, 9.17) is 20.9 Å². The van der Waals surface area contributed by atoms with Crippen LogP contribution in [0, 0.1) is 0 Å². The molecule has 0 radical (unpaired) electrons. The molecule has 0 aliphatic carbocycles. The van der Waals surface area contributed by atoms with Gasteiger partial charge in [-0.1, -0.05) is 45.9 Å². The molecule has 4 heterocycles. The second-order valence-electron chi connectivity index (χ2n) is 17.6. The highest BCUT2D eigenvalue weighted by Gasteiger charge is 2.36. The largest absolute Gasteiger partial charge is 0.461 e. The van der Waals surface area contributed by atoms with Crippen molar-refractivity contribution in [2.75, 3.05) is 37.8 Å². The van der Waals surface area contributed by atoms with E-state index in [1.54, 1.807) is 48.5 Å². The Labute approximate surface area is 443 Å². The van der Waals surface area contributed by atoms with Gasteiger partial charge in [-0.3, -0.25) is 48.3 Å². The quantitative estimate of drug-likeness (QED) is 0.0424. The van der Waals surface area contributed by atoms with E-state index in [-0.39, 0.29) is 48.8 Å². The zero-order valence-electron chi connectivity index (χ0n) is 41.5. The average molecular weight is 1090 g/mol. The number of nitrogens with two attached hydrogens (primary N) is 2. The molecule has 2 aliphatic rings. The number of carbonyl (C=O) groups excluding carboxylic acids is 10. The molecule has 2 bridgehead atoms. The standard InChI is InChI=1S/C48H60N14O12S2/c1-25-39(63)61-37-23-75-76-24-38(46(70)58-32(16-8-10-18-50)47(71)73-21-35(43(67)53-25)59-41(65)33-19-51-27-11-3-5-13-29(27)55-33)62-40(64)26(2)54-44(68)36(22-74-48(72)31(57-45(37)69)15-7-9-17-49)60-42(66)34-20-52-28-12-4-6-14-30(28)56-34/h3-6,11-14,19-20,25-26,31-32,35-38H,7-10,15-18,21-24,49-50H2,1-2H3,(H,53,67)(H,54,68)(H,57,69)(H,58,70)(H,59,65)(H,60,66)(H,61,63)(H,62,64)/t25-,26-,31-,32-,35+,36+,37-,38-/m0/s1. The number of ether oxygens (including phenoxy) is 2. The minimum absolute atomic E-state index is 0.0175. The summed E-state index contributed by atoms with van der Waals surface area (Å²) in [6.45, 7) is 1.44. The van der Waals surface area contributed by atoms with E-state index < -0.39 is 121 Å². The van der Waals surface area contributed by atoms with Gasteiger partial charge in [-0.15, -0.1) is 0 Å². The summed E-state index contributed by atoms with van der Waals surface area (Å²) < 4.78 is 11.2. The number of aromatic nitrogens is 4. The van der Waals surface area contributed by atoms with Crippen LogP contribution in [0.1, 0.15) is 73.3 Å². The van der Waals surface area contributed by atoms with Crippen LogP contribution >= 0.6 is 21.6 Å². The molecule has 8 atom stereocenters. The lowest BCUT2D eigenvalue weighted by Crippen LogP contribution is -2.59. The molecule has 2 saturated heterocycles. The van der Waals surface area contributed by atoms with Gasteiger partial charge in [-0.2, -0.15) is 0 Å². The molecular formula is C48H60N14O12S2. The van der Waals surface area contributed by atoms with Crippen LogP contribution in [-0.2, 0) is 47.8 Å². The fourth-order valence-electron chi connectivity index (χ4n) is 7.47. The van der Waals surface area contributed by atoms with Crippen LogP contribution in [0.3, 0.4) is 0 Å². The number of cyclic esters (lactones) is 2. The maximum atomic E-state index is 14.3. The van der Waals surface area contributed by atoms with Gasteiger partial charge in [0.2, 0.25) is 35.4 Å². The summed E-state index contributed by atoms with van der Waals surface area (Å²) in [6.07, 6.45) is 3.81. The Hall–Kier alpha value is -7.56. The molecule has 76 heavy (non-hydrogen) atoms. The predicted octanol–water partition coefficient (Wildman–Crippen LogP) is -1.83. The van der Waals surface area contributed by atoms with Crippen LogP contribution < -0.4 is 54.0 Å². The minimum atomic E-state index is -1.67. The third-order valence-corrected chi connectivity index (χ3v) is 14.2. The lowest BCUT2D eigenvalue weighted by molar-refractivity contribution is -0.151. The van der Waals surface area contributed by atoms with E-state index in [0.29, 0.717) is 47.8 Å². The maximum absolute atomic E-state index is 14.3. The zero-order valence-corrected chi connectivity index (χ0v) is 43.2. The number of hydrogen-bond donors (Lipinski definition) is 10. The molecule has 26 nitrogen and oxygen atoms in total. The molecule has 6 rings (SSSR count). The number of nitrogens with one attached hydrogen (secondary N) is 8. The first-order valence-corrected chi connectivity index (χ1v) is 26.9. The van der Waals surface area contributed by atoms with Crippen molar-refractivity contribution in [1.29, 1.82) is 0 Å². The van der Waals surface area contributed by atoms with Gasteiger partial charge < -0.3 is 63.5 Å². The first-order chi connectivity index (χ1) is 36.5. The monoisotopic (exact) mass is 1090 g/mol. The molecule has 8 amide bonds. The van der Waals surface area contributed by atoms with E-state index >= 15 is 0 Å². The summed E-state index contributed by atoms with van der Waals surface area (Å²) in [6, 6.07) is 1.62. The second kappa shape index (κ2) is 28.4. The molecule has 2 aliphatic heterocycles. The summed E-state index contributed by atoms with van der Waals surface area (Å²) >= 11 is 0. The average Bonchev–Trinajstić information content (AvgIpc) is 3.41. The number of hydrogen-bond acceptors (Lipinski definition) is 20. The molecule has 0 unspecified atom stereocenters. The van der Waals surface area contributed by atoms with E-state index in [9.17, 15) is 47.9 Å². The second-order valence-corrected chi connectivity index (χ2v) is 20.2. The van der Waals surface area contributed by atoms with E-state index in [1.807, 2.05) is 0 Å². The van der Waals surface area contributed by atoms with Gasteiger partial charge in [0, 0.05) is 11.5 Å². The SMILES string of the molecule is C[C@@H]1NC(=O)[C@H](NC(=O)c2cnc3ccccc3n2)COC(=O)[C@H](CCCCN)NC(=O)[C@@H]2CSSC[C@H](NC1=O)C(=O)N[C@@H](CCCCN)C(=O)OC[C@@H](NC(=O)c1cnc3ccccc3n1)C(=O)N[C@@H](C)C(=O)N2. The Morgan fingerprint density at radius 3 is 1.30 bits per heavy atom. The van der Waals surface area contributed by atoms with Crippen molar-refractivity contribution in [2.45, 2.75) is 101 Å². The van der Waals surface area contributed by atoms with Crippen molar-refractivity contribution in [2.24, 2.45) is 11.5 Å². The number of benzene rings is 2. The van der Waals surface area contributed by atoms with Gasteiger partial charge >= 0.3 is 11.9 Å². The number of unbranched alkanes of at least 4 members (excludes halogenated alkanes) is 2. The molecule has 0 spiro atoms. The highest BCUT2D eigenvalue weighted by molar-refractivity contribution is 8.76. The smallest absolute Gasteiger partial charge is 0.328 e.